The van der Waals surface area contributed by atoms with E-state index in [-0.39, 0.29) is 18.3 Å². The first-order valence-electron chi connectivity index (χ1n) is 11.1. The van der Waals surface area contributed by atoms with E-state index in [4.69, 9.17) is 8.56 Å². The second-order valence-electron chi connectivity index (χ2n) is 10.1. The van der Waals surface area contributed by atoms with Crippen LogP contribution >= 0.6 is 0 Å². The molecule has 0 heterocycles. The van der Waals surface area contributed by atoms with Gasteiger partial charge in [0.2, 0.25) is 0 Å². The molecule has 0 fully saturated rings. The van der Waals surface area contributed by atoms with Crippen molar-refractivity contribution in [3.05, 3.63) is 0 Å². The molecule has 31 heavy (non-hydrogen) atoms. The topological polar surface area (TPSA) is 47.1 Å². The third-order valence-electron chi connectivity index (χ3n) is 4.32. The Bertz CT molecular complexity index is 350. The molecule has 9 nitrogen and oxygen atoms in total. The summed E-state index contributed by atoms with van der Waals surface area (Å²) < 4.78 is 20.0. The molecule has 0 radical (unpaired) electrons. The third-order valence-corrected chi connectivity index (χ3v) is 9.52. The summed E-state index contributed by atoms with van der Waals surface area (Å²) >= 11 is -3.28. The molecule has 0 saturated carbocycles. The molecular formula is C21H51InN6O3. The van der Waals surface area contributed by atoms with E-state index in [1.54, 1.807) is 0 Å². The van der Waals surface area contributed by atoms with Crippen molar-refractivity contribution in [3.8, 4) is 0 Å². The van der Waals surface area contributed by atoms with Crippen molar-refractivity contribution in [1.29, 1.82) is 0 Å². The van der Waals surface area contributed by atoms with Gasteiger partial charge in [0.05, 0.1) is 0 Å². The number of nitrogens with zero attached hydrogens (tertiary/aromatic N) is 6. The van der Waals surface area contributed by atoms with E-state index in [1.807, 2.05) is 0 Å². The van der Waals surface area contributed by atoms with Crippen LogP contribution in [-0.2, 0) is 8.56 Å². The Morgan fingerprint density at radius 3 is 0.677 bits per heavy atom. The number of likely N-dealkylation sites (N-methyl/N-ethyl adjacent to an activating group) is 6. The standard InChI is InChI=1S/3C7H17N2O.In/c3*1-8(2)5-7(10)6-9(3)4;/h3*7H,5-6H2,1-4H3;/q3*-1;+3. The zero-order valence-corrected chi connectivity index (χ0v) is 25.8. The van der Waals surface area contributed by atoms with Crippen molar-refractivity contribution >= 4 is 22.7 Å². The number of rotatable bonds is 18. The average Bonchev–Trinajstić information content (AvgIpc) is 2.50. The van der Waals surface area contributed by atoms with Crippen LogP contribution in [0.2, 0.25) is 0 Å². The summed E-state index contributed by atoms with van der Waals surface area (Å²) in [5, 5.41) is 0. The molecule has 0 N–H and O–H groups in total. The minimum absolute atomic E-state index is 0.0597. The first kappa shape index (κ1) is 31.5. The fraction of sp³-hybridized carbons (Fsp3) is 1.00. The first-order valence-corrected chi connectivity index (χ1v) is 15.2. The van der Waals surface area contributed by atoms with E-state index >= 15 is 0 Å². The molecule has 0 aromatic heterocycles. The van der Waals surface area contributed by atoms with Crippen molar-refractivity contribution in [2.24, 2.45) is 0 Å². The van der Waals surface area contributed by atoms with Gasteiger partial charge in [0, 0.05) is 0 Å². The maximum atomic E-state index is 6.67. The molecule has 0 aliphatic carbocycles. The molecule has 0 bridgehead atoms. The molecular weight excluding hydrogens is 499 g/mol. The zero-order chi connectivity index (χ0) is 24.1. The summed E-state index contributed by atoms with van der Waals surface area (Å²) in [7, 11) is 25.0. The van der Waals surface area contributed by atoms with Crippen LogP contribution in [0.4, 0.5) is 0 Å². The summed E-state index contributed by atoms with van der Waals surface area (Å²) in [6.07, 6.45) is 0.179. The summed E-state index contributed by atoms with van der Waals surface area (Å²) in [6, 6.07) is 0. The Labute approximate surface area is 202 Å². The molecule has 186 valence electrons. The van der Waals surface area contributed by atoms with Crippen molar-refractivity contribution < 1.29 is 8.56 Å². The third kappa shape index (κ3) is 18.6. The average molecular weight is 550 g/mol. The predicted molar refractivity (Wildman–Crippen MR) is 132 cm³/mol. The molecule has 0 aromatic rings. The molecule has 0 atom stereocenters. The normalized spacial score (nSPS) is 13.1. The van der Waals surface area contributed by atoms with Crippen LogP contribution in [0, 0.1) is 0 Å². The Kier molecular flexibility index (Phi) is 17.3. The predicted octanol–water partition coefficient (Wildman–Crippen LogP) is -0.503. The van der Waals surface area contributed by atoms with Crippen LogP contribution in [0.1, 0.15) is 0 Å². The van der Waals surface area contributed by atoms with Gasteiger partial charge in [-0.15, -0.1) is 0 Å². The van der Waals surface area contributed by atoms with Crippen LogP contribution in [0.25, 0.3) is 0 Å². The van der Waals surface area contributed by atoms with Gasteiger partial charge in [-0.25, -0.2) is 0 Å². The van der Waals surface area contributed by atoms with Gasteiger partial charge in [-0.1, -0.05) is 0 Å². The molecule has 0 unspecified atom stereocenters. The fourth-order valence-corrected chi connectivity index (χ4v) is 8.16. The fourth-order valence-electron chi connectivity index (χ4n) is 3.44. The molecule has 10 heteroatoms. The van der Waals surface area contributed by atoms with Crippen LogP contribution in [0.3, 0.4) is 0 Å². The van der Waals surface area contributed by atoms with Gasteiger partial charge in [0.15, 0.2) is 0 Å². The minimum atomic E-state index is -3.28. The van der Waals surface area contributed by atoms with Crippen molar-refractivity contribution in [3.63, 3.8) is 0 Å². The molecule has 0 aromatic carbocycles. The molecule has 0 amide bonds. The Balaban J connectivity index is 5.59. The number of hydrogen-bond acceptors (Lipinski definition) is 9. The maximum absolute atomic E-state index is 6.67. The van der Waals surface area contributed by atoms with Gasteiger partial charge in [-0.05, 0) is 0 Å². The van der Waals surface area contributed by atoms with Gasteiger partial charge in [0.1, 0.15) is 0 Å². The second kappa shape index (κ2) is 17.0. The van der Waals surface area contributed by atoms with E-state index in [0.29, 0.717) is 0 Å². The van der Waals surface area contributed by atoms with Crippen LogP contribution in [-0.4, -0.2) is 194 Å². The Morgan fingerprint density at radius 2 is 0.548 bits per heavy atom. The zero-order valence-electron chi connectivity index (χ0n) is 22.5. The van der Waals surface area contributed by atoms with Crippen LogP contribution < -0.4 is 0 Å². The molecule has 0 aliphatic heterocycles. The molecule has 0 spiro atoms. The summed E-state index contributed by atoms with van der Waals surface area (Å²) in [6.45, 7) is 5.06. The van der Waals surface area contributed by atoms with Crippen LogP contribution in [0.5, 0.6) is 0 Å². The van der Waals surface area contributed by atoms with E-state index in [0.717, 1.165) is 39.3 Å². The summed E-state index contributed by atoms with van der Waals surface area (Å²) in [4.78, 5) is 13.0. The Morgan fingerprint density at radius 1 is 0.387 bits per heavy atom. The first-order chi connectivity index (χ1) is 14.3. The van der Waals surface area contributed by atoms with E-state index in [1.165, 1.54) is 0 Å². The molecule has 0 rings (SSSR count). The van der Waals surface area contributed by atoms with Crippen LogP contribution in [0.15, 0.2) is 0 Å². The van der Waals surface area contributed by atoms with Crippen molar-refractivity contribution in [1.82, 2.24) is 29.4 Å². The van der Waals surface area contributed by atoms with E-state index in [9.17, 15) is 0 Å². The Hall–Kier alpha value is 0.510. The monoisotopic (exact) mass is 550 g/mol. The van der Waals surface area contributed by atoms with Gasteiger partial charge in [0.25, 0.3) is 0 Å². The SMILES string of the molecule is CN(C)CC(CN(C)C)[O][In]([O]C(CN(C)C)CN(C)C)[O]C(CN(C)C)CN(C)C. The summed E-state index contributed by atoms with van der Waals surface area (Å²) in [5.41, 5.74) is 0. The molecule has 0 saturated heterocycles. The van der Waals surface area contributed by atoms with Gasteiger partial charge < -0.3 is 0 Å². The van der Waals surface area contributed by atoms with Gasteiger partial charge in [-0.3, -0.25) is 0 Å². The van der Waals surface area contributed by atoms with Crippen molar-refractivity contribution in [2.75, 3.05) is 124 Å². The number of hydrogen-bond donors (Lipinski definition) is 0. The second-order valence-corrected chi connectivity index (χ2v) is 14.1. The van der Waals surface area contributed by atoms with Crippen molar-refractivity contribution in [2.45, 2.75) is 18.3 Å². The van der Waals surface area contributed by atoms with E-state index < -0.39 is 22.7 Å². The van der Waals surface area contributed by atoms with Gasteiger partial charge >= 0.3 is 203 Å². The van der Waals surface area contributed by atoms with E-state index in [2.05, 4.69) is 114 Å². The summed E-state index contributed by atoms with van der Waals surface area (Å²) in [5.74, 6) is 0. The quantitative estimate of drug-likeness (QED) is 0.225. The molecule has 0 aliphatic rings. The van der Waals surface area contributed by atoms with Gasteiger partial charge in [-0.2, -0.15) is 0 Å².